The van der Waals surface area contributed by atoms with E-state index in [0.29, 0.717) is 0 Å². The summed E-state index contributed by atoms with van der Waals surface area (Å²) in [5.74, 6) is 0. The van der Waals surface area contributed by atoms with Gasteiger partial charge in [0.15, 0.2) is 0 Å². The van der Waals surface area contributed by atoms with E-state index in [4.69, 9.17) is 4.74 Å². The molecule has 17 heavy (non-hydrogen) atoms. The maximum absolute atomic E-state index is 5.47. The van der Waals surface area contributed by atoms with Crippen molar-refractivity contribution in [3.05, 3.63) is 77.9 Å². The smallest absolute Gasteiger partial charge is 0.108 e. The third-order valence-electron chi connectivity index (χ3n) is 3.51. The molecule has 0 fully saturated rings. The minimum absolute atomic E-state index is 0.0232. The molecule has 3 rings (SSSR count). The number of rotatable bonds is 1. The molecule has 1 aliphatic rings. The summed E-state index contributed by atoms with van der Waals surface area (Å²) in [4.78, 5) is 0. The highest BCUT2D eigenvalue weighted by atomic mass is 16.5. The molecule has 0 bridgehead atoms. The zero-order chi connectivity index (χ0) is 11.7. The molecule has 0 unspecified atom stereocenters. The molecule has 0 aromatic heterocycles. The fraction of sp³-hybridized carbons (Fsp3) is 0.188. The van der Waals surface area contributed by atoms with E-state index in [0.717, 1.165) is 12.8 Å². The van der Waals surface area contributed by atoms with Gasteiger partial charge in [0.05, 0.1) is 7.11 Å². The Kier molecular flexibility index (Phi) is 2.69. The number of benzene rings is 2. The lowest BCUT2D eigenvalue weighted by Gasteiger charge is -2.18. The van der Waals surface area contributed by atoms with Crippen molar-refractivity contribution in [2.75, 3.05) is 0 Å². The van der Waals surface area contributed by atoms with Crippen LogP contribution in [0.4, 0.5) is 0 Å². The van der Waals surface area contributed by atoms with Gasteiger partial charge in [0.1, 0.15) is 6.10 Å². The fourth-order valence-electron chi connectivity index (χ4n) is 2.65. The summed E-state index contributed by atoms with van der Waals surface area (Å²) >= 11 is 0. The van der Waals surface area contributed by atoms with Crippen LogP contribution in [0.5, 0.6) is 0 Å². The molecule has 0 saturated heterocycles. The van der Waals surface area contributed by atoms with Crippen molar-refractivity contribution in [1.82, 2.24) is 0 Å². The number of aryl methyl sites for hydroxylation is 2. The van der Waals surface area contributed by atoms with Gasteiger partial charge >= 0.3 is 0 Å². The van der Waals surface area contributed by atoms with Crippen molar-refractivity contribution in [1.29, 1.82) is 0 Å². The lowest BCUT2D eigenvalue weighted by atomic mass is 9.97. The van der Waals surface area contributed by atoms with Crippen LogP contribution in [0.3, 0.4) is 0 Å². The van der Waals surface area contributed by atoms with Crippen LogP contribution in [0.15, 0.2) is 48.5 Å². The first kappa shape index (κ1) is 10.5. The topological polar surface area (TPSA) is 9.23 Å². The summed E-state index contributed by atoms with van der Waals surface area (Å²) in [5, 5.41) is 0. The Morgan fingerprint density at radius 1 is 0.824 bits per heavy atom. The third-order valence-corrected chi connectivity index (χ3v) is 3.51. The van der Waals surface area contributed by atoms with Gasteiger partial charge in [-0.25, -0.2) is 0 Å². The molecule has 0 aliphatic heterocycles. The third kappa shape index (κ3) is 1.77. The van der Waals surface area contributed by atoms with Gasteiger partial charge in [0, 0.05) is 0 Å². The normalized spacial score (nSPS) is 14.9. The van der Waals surface area contributed by atoms with Crippen molar-refractivity contribution < 1.29 is 4.74 Å². The second-order valence-electron chi connectivity index (χ2n) is 4.44. The molecule has 1 nitrogen and oxygen atoms in total. The number of fused-ring (bicyclic) bond motifs is 2. The van der Waals surface area contributed by atoms with E-state index in [1.165, 1.54) is 22.3 Å². The SMILES string of the molecule is [CH2]OC1c2ccccc2CCc2ccccc21. The van der Waals surface area contributed by atoms with Crippen LogP contribution >= 0.6 is 0 Å². The molecule has 85 valence electrons. The first-order valence-electron chi connectivity index (χ1n) is 5.96. The predicted octanol–water partition coefficient (Wildman–Crippen LogP) is 3.68. The largest absolute Gasteiger partial charge is 0.366 e. The fourth-order valence-corrected chi connectivity index (χ4v) is 2.65. The molecule has 0 N–H and O–H groups in total. The van der Waals surface area contributed by atoms with Crippen molar-refractivity contribution >= 4 is 0 Å². The summed E-state index contributed by atoms with van der Waals surface area (Å²) in [6.07, 6.45) is 2.13. The minimum Gasteiger partial charge on any atom is -0.366 e. The van der Waals surface area contributed by atoms with Crippen molar-refractivity contribution in [2.45, 2.75) is 18.9 Å². The highest BCUT2D eigenvalue weighted by Gasteiger charge is 2.22. The Bertz CT molecular complexity index is 483. The van der Waals surface area contributed by atoms with Gasteiger partial charge in [-0.05, 0) is 35.1 Å². The monoisotopic (exact) mass is 223 g/mol. The Labute approximate surface area is 102 Å². The van der Waals surface area contributed by atoms with E-state index >= 15 is 0 Å². The van der Waals surface area contributed by atoms with Gasteiger partial charge in [0.2, 0.25) is 0 Å². The van der Waals surface area contributed by atoms with E-state index in [1.54, 1.807) is 0 Å². The molecule has 0 amide bonds. The highest BCUT2D eigenvalue weighted by molar-refractivity contribution is 5.43. The van der Waals surface area contributed by atoms with Crippen LogP contribution < -0.4 is 0 Å². The van der Waals surface area contributed by atoms with Crippen molar-refractivity contribution in [3.63, 3.8) is 0 Å². The average Bonchev–Trinajstić information content (AvgIpc) is 2.55. The maximum Gasteiger partial charge on any atom is 0.108 e. The summed E-state index contributed by atoms with van der Waals surface area (Å²) in [6.45, 7) is 0. The Balaban J connectivity index is 2.19. The quantitative estimate of drug-likeness (QED) is 0.716. The summed E-state index contributed by atoms with van der Waals surface area (Å²) in [7, 11) is 3.65. The zero-order valence-corrected chi connectivity index (χ0v) is 9.73. The summed E-state index contributed by atoms with van der Waals surface area (Å²) < 4.78 is 5.47. The molecule has 0 heterocycles. The van der Waals surface area contributed by atoms with Gasteiger partial charge in [0.25, 0.3) is 0 Å². The lowest BCUT2D eigenvalue weighted by Crippen LogP contribution is -2.04. The number of hydrogen-bond acceptors (Lipinski definition) is 1. The number of ether oxygens (including phenoxy) is 1. The van der Waals surface area contributed by atoms with Crippen LogP contribution in [0.1, 0.15) is 28.4 Å². The lowest BCUT2D eigenvalue weighted by molar-refractivity contribution is 0.175. The highest BCUT2D eigenvalue weighted by Crippen LogP contribution is 2.34. The van der Waals surface area contributed by atoms with Crippen molar-refractivity contribution in [2.24, 2.45) is 0 Å². The van der Waals surface area contributed by atoms with Gasteiger partial charge in [-0.1, -0.05) is 48.5 Å². The van der Waals surface area contributed by atoms with Crippen LogP contribution in [-0.2, 0) is 17.6 Å². The van der Waals surface area contributed by atoms with E-state index < -0.39 is 0 Å². The molecule has 0 saturated carbocycles. The Hall–Kier alpha value is -1.60. The van der Waals surface area contributed by atoms with E-state index in [-0.39, 0.29) is 6.10 Å². The van der Waals surface area contributed by atoms with Crippen LogP contribution in [-0.4, -0.2) is 0 Å². The molecule has 0 atom stereocenters. The van der Waals surface area contributed by atoms with E-state index in [9.17, 15) is 0 Å². The second kappa shape index (κ2) is 4.34. The maximum atomic E-state index is 5.47. The van der Waals surface area contributed by atoms with Crippen LogP contribution in [0.2, 0.25) is 0 Å². The molecule has 0 spiro atoms. The van der Waals surface area contributed by atoms with Gasteiger partial charge in [-0.2, -0.15) is 0 Å². The first-order valence-corrected chi connectivity index (χ1v) is 5.96. The standard InChI is InChI=1S/C16H15O/c1-17-16-14-8-4-2-6-12(14)10-11-13-7-3-5-9-15(13)16/h2-9,16H,1,10-11H2. The molecular weight excluding hydrogens is 208 g/mol. The predicted molar refractivity (Wildman–Crippen MR) is 68.6 cm³/mol. The molecule has 2 aromatic rings. The Morgan fingerprint density at radius 2 is 1.29 bits per heavy atom. The van der Waals surface area contributed by atoms with E-state index in [2.05, 4.69) is 55.6 Å². The second-order valence-corrected chi connectivity index (χ2v) is 4.44. The average molecular weight is 223 g/mol. The minimum atomic E-state index is -0.0232. The van der Waals surface area contributed by atoms with Gasteiger partial charge in [-0.3, -0.25) is 0 Å². The molecule has 1 heteroatoms. The van der Waals surface area contributed by atoms with Gasteiger partial charge < -0.3 is 4.74 Å². The zero-order valence-electron chi connectivity index (χ0n) is 9.73. The first-order chi connectivity index (χ1) is 8.40. The number of hydrogen-bond donors (Lipinski definition) is 0. The Morgan fingerprint density at radius 3 is 1.76 bits per heavy atom. The van der Waals surface area contributed by atoms with Crippen LogP contribution in [0.25, 0.3) is 0 Å². The summed E-state index contributed by atoms with van der Waals surface area (Å²) in [6, 6.07) is 17.0. The molecule has 1 radical (unpaired) electrons. The summed E-state index contributed by atoms with van der Waals surface area (Å²) in [5.41, 5.74) is 5.26. The van der Waals surface area contributed by atoms with Gasteiger partial charge in [-0.15, -0.1) is 0 Å². The molecule has 2 aromatic carbocycles. The molecule has 1 aliphatic carbocycles. The molecular formula is C16H15O. The van der Waals surface area contributed by atoms with E-state index in [1.807, 2.05) is 0 Å². The van der Waals surface area contributed by atoms with Crippen molar-refractivity contribution in [3.8, 4) is 0 Å². The van der Waals surface area contributed by atoms with Crippen LogP contribution in [0, 0.1) is 7.11 Å².